The number of amides is 1. The third-order valence-electron chi connectivity index (χ3n) is 7.49. The molecule has 36 heavy (non-hydrogen) atoms. The molecule has 1 amide bonds. The largest absolute Gasteiger partial charge is 0.381 e. The highest BCUT2D eigenvalue weighted by Gasteiger charge is 2.30. The van der Waals surface area contributed by atoms with E-state index in [1.807, 2.05) is 35.6 Å². The molecule has 188 valence electrons. The van der Waals surface area contributed by atoms with Crippen LogP contribution in [0.25, 0.3) is 22.0 Å². The Kier molecular flexibility index (Phi) is 6.65. The molecular formula is C27H33N7O2. The number of hydrogen-bond donors (Lipinski definition) is 2. The Hall–Kier alpha value is -3.30. The lowest BCUT2D eigenvalue weighted by Crippen LogP contribution is -2.53. The lowest BCUT2D eigenvalue weighted by molar-refractivity contribution is -0.133. The average molecular weight is 488 g/mol. The highest BCUT2D eigenvalue weighted by molar-refractivity contribution is 5.94. The first-order valence-corrected chi connectivity index (χ1v) is 13.1. The maximum Gasteiger partial charge on any atom is 0.239 e. The summed E-state index contributed by atoms with van der Waals surface area (Å²) in [5.74, 6) is 2.05. The van der Waals surface area contributed by atoms with Crippen LogP contribution in [-0.4, -0.2) is 83.8 Å². The van der Waals surface area contributed by atoms with Crippen molar-refractivity contribution in [2.75, 3.05) is 56.2 Å². The molecule has 3 aliphatic rings. The fraction of sp³-hybridized carbons (Fsp3) is 0.481. The number of nitrogens with one attached hydrogen (secondary N) is 2. The van der Waals surface area contributed by atoms with Crippen LogP contribution in [0.1, 0.15) is 25.7 Å². The summed E-state index contributed by atoms with van der Waals surface area (Å²) in [6, 6.07) is 8.59. The second kappa shape index (κ2) is 10.4. The first-order valence-electron chi connectivity index (χ1n) is 13.1. The van der Waals surface area contributed by atoms with Crippen LogP contribution < -0.4 is 15.5 Å². The van der Waals surface area contributed by atoms with Crippen LogP contribution in [0.5, 0.6) is 0 Å². The van der Waals surface area contributed by atoms with Gasteiger partial charge < -0.3 is 25.2 Å². The van der Waals surface area contributed by atoms with E-state index >= 15 is 0 Å². The van der Waals surface area contributed by atoms with E-state index in [9.17, 15) is 4.79 Å². The molecule has 0 radical (unpaired) electrons. The highest BCUT2D eigenvalue weighted by Crippen LogP contribution is 2.31. The Morgan fingerprint density at radius 1 is 1.06 bits per heavy atom. The topological polar surface area (TPSA) is 95.5 Å². The third kappa shape index (κ3) is 4.85. The summed E-state index contributed by atoms with van der Waals surface area (Å²) in [6.07, 6.45) is 9.56. The SMILES string of the molecule is O=C([C@@H]1CCCN1)N1CCN(c2nc(-c3ccnc(NC4CCOCC4)c3)cc3cnccc23)CC1. The van der Waals surface area contributed by atoms with Gasteiger partial charge in [0.25, 0.3) is 0 Å². The second-order valence-electron chi connectivity index (χ2n) is 9.85. The fourth-order valence-electron chi connectivity index (χ4n) is 5.44. The molecule has 3 aliphatic heterocycles. The molecule has 0 unspecified atom stereocenters. The Balaban J connectivity index is 1.24. The summed E-state index contributed by atoms with van der Waals surface area (Å²) < 4.78 is 5.48. The monoisotopic (exact) mass is 487 g/mol. The molecule has 3 fully saturated rings. The Bertz CT molecular complexity index is 1220. The third-order valence-corrected chi connectivity index (χ3v) is 7.49. The number of anilines is 2. The van der Waals surface area contributed by atoms with E-state index in [4.69, 9.17) is 9.72 Å². The number of fused-ring (bicyclic) bond motifs is 1. The molecule has 2 N–H and O–H groups in total. The van der Waals surface area contributed by atoms with E-state index in [1.165, 1.54) is 0 Å². The number of carbonyl (C=O) groups is 1. The predicted octanol–water partition coefficient (Wildman–Crippen LogP) is 2.68. The Morgan fingerprint density at radius 3 is 2.72 bits per heavy atom. The van der Waals surface area contributed by atoms with E-state index in [0.29, 0.717) is 19.1 Å². The molecule has 6 heterocycles. The number of carbonyl (C=O) groups excluding carboxylic acids is 1. The van der Waals surface area contributed by atoms with Gasteiger partial charge in [-0.3, -0.25) is 9.78 Å². The van der Waals surface area contributed by atoms with Crippen molar-refractivity contribution < 1.29 is 9.53 Å². The van der Waals surface area contributed by atoms with Crippen molar-refractivity contribution in [2.45, 2.75) is 37.8 Å². The van der Waals surface area contributed by atoms with Crippen molar-refractivity contribution in [2.24, 2.45) is 0 Å². The molecule has 6 rings (SSSR count). The lowest BCUT2D eigenvalue weighted by atomic mass is 10.1. The predicted molar refractivity (Wildman–Crippen MR) is 140 cm³/mol. The van der Waals surface area contributed by atoms with Gasteiger partial charge in [0.15, 0.2) is 0 Å². The summed E-state index contributed by atoms with van der Waals surface area (Å²) in [5, 5.41) is 9.04. The van der Waals surface area contributed by atoms with Gasteiger partial charge in [0.2, 0.25) is 5.91 Å². The van der Waals surface area contributed by atoms with Gasteiger partial charge in [-0.2, -0.15) is 0 Å². The van der Waals surface area contributed by atoms with Crippen molar-refractivity contribution >= 4 is 28.3 Å². The number of piperazine rings is 1. The van der Waals surface area contributed by atoms with E-state index < -0.39 is 0 Å². The van der Waals surface area contributed by atoms with Crippen molar-refractivity contribution in [3.8, 4) is 11.3 Å². The first-order chi connectivity index (χ1) is 17.7. The van der Waals surface area contributed by atoms with Crippen LogP contribution in [0.4, 0.5) is 11.6 Å². The van der Waals surface area contributed by atoms with Crippen LogP contribution in [-0.2, 0) is 9.53 Å². The normalized spacial score (nSPS) is 21.2. The number of pyridine rings is 3. The van der Waals surface area contributed by atoms with Crippen molar-refractivity contribution in [3.05, 3.63) is 42.9 Å². The van der Waals surface area contributed by atoms with Crippen LogP contribution in [0.3, 0.4) is 0 Å². The summed E-state index contributed by atoms with van der Waals surface area (Å²) in [4.78, 5) is 31.2. The van der Waals surface area contributed by atoms with E-state index in [-0.39, 0.29) is 11.9 Å². The molecule has 1 atom stereocenters. The molecule has 3 saturated heterocycles. The minimum atomic E-state index is -0.0134. The molecule has 3 aromatic rings. The number of ether oxygens (including phenoxy) is 1. The van der Waals surface area contributed by atoms with Gasteiger partial charge >= 0.3 is 0 Å². The van der Waals surface area contributed by atoms with Gasteiger partial charge in [0.05, 0.1) is 11.7 Å². The molecule has 9 nitrogen and oxygen atoms in total. The van der Waals surface area contributed by atoms with E-state index in [1.54, 1.807) is 0 Å². The molecule has 0 aliphatic carbocycles. The highest BCUT2D eigenvalue weighted by atomic mass is 16.5. The van der Waals surface area contributed by atoms with Crippen LogP contribution in [0, 0.1) is 0 Å². The fourth-order valence-corrected chi connectivity index (χ4v) is 5.44. The smallest absolute Gasteiger partial charge is 0.239 e. The van der Waals surface area contributed by atoms with E-state index in [2.05, 4.69) is 37.6 Å². The lowest BCUT2D eigenvalue weighted by Gasteiger charge is -2.37. The van der Waals surface area contributed by atoms with Gasteiger partial charge in [-0.1, -0.05) is 0 Å². The maximum absolute atomic E-state index is 12.9. The first kappa shape index (κ1) is 23.1. The standard InChI is InChI=1S/C27H33N7O2/c35-27(23-2-1-7-29-23)34-12-10-33(11-13-34)26-22-4-8-28-18-20(22)16-24(32-26)19-3-9-30-25(17-19)31-21-5-14-36-15-6-21/h3-4,8-9,16-18,21,23,29H,1-2,5-7,10-15H2,(H,30,31)/t23-/m0/s1. The molecule has 0 bridgehead atoms. The second-order valence-corrected chi connectivity index (χ2v) is 9.85. The maximum atomic E-state index is 12.9. The summed E-state index contributed by atoms with van der Waals surface area (Å²) >= 11 is 0. The number of nitrogens with zero attached hydrogens (tertiary/aromatic N) is 5. The number of rotatable bonds is 5. The zero-order valence-electron chi connectivity index (χ0n) is 20.5. The van der Waals surface area contributed by atoms with Crippen LogP contribution in [0.2, 0.25) is 0 Å². The zero-order valence-corrected chi connectivity index (χ0v) is 20.5. The summed E-state index contributed by atoms with van der Waals surface area (Å²) in [7, 11) is 0. The van der Waals surface area contributed by atoms with Gasteiger partial charge in [0.1, 0.15) is 11.6 Å². The van der Waals surface area contributed by atoms with Crippen molar-refractivity contribution in [1.82, 2.24) is 25.2 Å². The molecule has 0 aromatic carbocycles. The van der Waals surface area contributed by atoms with Crippen molar-refractivity contribution in [1.29, 1.82) is 0 Å². The summed E-state index contributed by atoms with van der Waals surface area (Å²) in [6.45, 7) is 5.46. The van der Waals surface area contributed by atoms with Gasteiger partial charge in [-0.05, 0) is 56.5 Å². The minimum Gasteiger partial charge on any atom is -0.381 e. The molecule has 3 aromatic heterocycles. The quantitative estimate of drug-likeness (QED) is 0.567. The Labute approximate surface area is 211 Å². The van der Waals surface area contributed by atoms with Gasteiger partial charge in [-0.25, -0.2) is 9.97 Å². The van der Waals surface area contributed by atoms with Gasteiger partial charge in [0, 0.05) is 80.4 Å². The van der Waals surface area contributed by atoms with Crippen LogP contribution in [0.15, 0.2) is 42.9 Å². The minimum absolute atomic E-state index is 0.0134. The summed E-state index contributed by atoms with van der Waals surface area (Å²) in [5.41, 5.74) is 1.92. The zero-order chi connectivity index (χ0) is 24.3. The molecule has 0 spiro atoms. The average Bonchev–Trinajstić information content (AvgIpc) is 3.48. The van der Waals surface area contributed by atoms with Gasteiger partial charge in [-0.15, -0.1) is 0 Å². The molecular weight excluding hydrogens is 454 g/mol. The van der Waals surface area contributed by atoms with Crippen molar-refractivity contribution in [3.63, 3.8) is 0 Å². The molecule has 9 heteroatoms. The Morgan fingerprint density at radius 2 is 1.92 bits per heavy atom. The number of aromatic nitrogens is 3. The molecule has 0 saturated carbocycles. The van der Waals surface area contributed by atoms with Crippen LogP contribution >= 0.6 is 0 Å². The number of hydrogen-bond acceptors (Lipinski definition) is 8. The van der Waals surface area contributed by atoms with E-state index in [0.717, 1.165) is 92.2 Å².